The molecule has 0 aliphatic heterocycles. The topological polar surface area (TPSA) is 69.1 Å². The summed E-state index contributed by atoms with van der Waals surface area (Å²) in [6, 6.07) is 0. The highest BCUT2D eigenvalue weighted by atomic mass is 35.5. The monoisotopic (exact) mass is 211 g/mol. The summed E-state index contributed by atoms with van der Waals surface area (Å²) in [7, 11) is 0. The van der Waals surface area contributed by atoms with Crippen LogP contribution in [-0.4, -0.2) is 19.8 Å². The molecule has 0 aromatic carbocycles. The van der Waals surface area contributed by atoms with Gasteiger partial charge in [-0.25, -0.2) is 0 Å². The molecule has 74 valence electrons. The van der Waals surface area contributed by atoms with E-state index in [2.05, 4.69) is 15.3 Å². The summed E-state index contributed by atoms with van der Waals surface area (Å²) < 4.78 is 1.59. The molecule has 0 saturated heterocycles. The van der Waals surface area contributed by atoms with E-state index >= 15 is 0 Å². The molecule has 14 heavy (non-hydrogen) atoms. The van der Waals surface area contributed by atoms with Crippen LogP contribution in [0.15, 0.2) is 0 Å². The van der Waals surface area contributed by atoms with Crippen LogP contribution in [0.5, 0.6) is 0 Å². The van der Waals surface area contributed by atoms with Gasteiger partial charge in [0, 0.05) is 5.56 Å². The zero-order chi connectivity index (χ0) is 10.3. The van der Waals surface area contributed by atoms with Crippen molar-refractivity contribution in [3.05, 3.63) is 22.1 Å². The Balaban J connectivity index is 2.86. The molecule has 0 bridgehead atoms. The van der Waals surface area contributed by atoms with Crippen LogP contribution in [0.3, 0.4) is 0 Å². The number of aryl methyl sites for hydroxylation is 1. The molecule has 5 nitrogen and oxygen atoms in total. The maximum absolute atomic E-state index is 5.95. The number of rotatable bonds is 1. The maximum Gasteiger partial charge on any atom is 0.181 e. The quantitative estimate of drug-likeness (QED) is 0.760. The standard InChI is InChI=1S/C8H10ClN5/c1-4-5(2)8-12-11-6(3-10)14(8)13-7(4)9/h3,10H2,1-2H3. The van der Waals surface area contributed by atoms with Gasteiger partial charge in [-0.3, -0.25) is 0 Å². The Morgan fingerprint density at radius 3 is 2.64 bits per heavy atom. The van der Waals surface area contributed by atoms with E-state index in [0.717, 1.165) is 11.1 Å². The average molecular weight is 212 g/mol. The summed E-state index contributed by atoms with van der Waals surface area (Å²) in [6.45, 7) is 4.14. The maximum atomic E-state index is 5.95. The van der Waals surface area contributed by atoms with Crippen molar-refractivity contribution in [1.82, 2.24) is 19.8 Å². The Kier molecular flexibility index (Phi) is 2.13. The van der Waals surface area contributed by atoms with Gasteiger partial charge in [-0.15, -0.1) is 10.2 Å². The summed E-state index contributed by atoms with van der Waals surface area (Å²) in [6.07, 6.45) is 0. The molecule has 0 saturated carbocycles. The molecule has 0 atom stereocenters. The van der Waals surface area contributed by atoms with Crippen LogP contribution >= 0.6 is 11.6 Å². The van der Waals surface area contributed by atoms with E-state index in [1.54, 1.807) is 4.52 Å². The Morgan fingerprint density at radius 1 is 1.29 bits per heavy atom. The zero-order valence-electron chi connectivity index (χ0n) is 7.95. The summed E-state index contributed by atoms with van der Waals surface area (Å²) in [5.41, 5.74) is 8.12. The van der Waals surface area contributed by atoms with E-state index < -0.39 is 0 Å². The van der Waals surface area contributed by atoms with Crippen molar-refractivity contribution in [2.24, 2.45) is 5.73 Å². The van der Waals surface area contributed by atoms with Gasteiger partial charge in [-0.1, -0.05) is 11.6 Å². The van der Waals surface area contributed by atoms with Gasteiger partial charge in [0.25, 0.3) is 0 Å². The van der Waals surface area contributed by atoms with E-state index in [-0.39, 0.29) is 0 Å². The molecule has 0 unspecified atom stereocenters. The van der Waals surface area contributed by atoms with Crippen LogP contribution in [0.4, 0.5) is 0 Å². The van der Waals surface area contributed by atoms with Gasteiger partial charge in [-0.05, 0) is 19.4 Å². The highest BCUT2D eigenvalue weighted by Crippen LogP contribution is 2.19. The highest BCUT2D eigenvalue weighted by molar-refractivity contribution is 6.30. The van der Waals surface area contributed by atoms with Gasteiger partial charge < -0.3 is 5.73 Å². The Labute approximate surface area is 85.9 Å². The zero-order valence-corrected chi connectivity index (χ0v) is 8.71. The third kappa shape index (κ3) is 1.17. The molecule has 2 aromatic heterocycles. The molecule has 0 spiro atoms. The van der Waals surface area contributed by atoms with Gasteiger partial charge >= 0.3 is 0 Å². The van der Waals surface area contributed by atoms with Crippen molar-refractivity contribution in [2.75, 3.05) is 0 Å². The minimum atomic E-state index is 0.299. The number of halogens is 1. The second-order valence-electron chi connectivity index (χ2n) is 3.10. The highest BCUT2D eigenvalue weighted by Gasteiger charge is 2.11. The molecule has 0 aliphatic carbocycles. The number of hydrogen-bond acceptors (Lipinski definition) is 4. The van der Waals surface area contributed by atoms with Gasteiger partial charge in [0.2, 0.25) is 0 Å². The number of nitrogens with two attached hydrogens (primary N) is 1. The van der Waals surface area contributed by atoms with Crippen molar-refractivity contribution in [3.8, 4) is 0 Å². The first-order valence-electron chi connectivity index (χ1n) is 4.22. The molecular weight excluding hydrogens is 202 g/mol. The minimum absolute atomic E-state index is 0.299. The first-order valence-corrected chi connectivity index (χ1v) is 4.60. The molecule has 0 radical (unpaired) electrons. The van der Waals surface area contributed by atoms with Crippen molar-refractivity contribution in [2.45, 2.75) is 20.4 Å². The predicted molar refractivity (Wildman–Crippen MR) is 53.2 cm³/mol. The Morgan fingerprint density at radius 2 is 2.00 bits per heavy atom. The summed E-state index contributed by atoms with van der Waals surface area (Å²) in [5.74, 6) is 0.616. The molecule has 0 aliphatic rings. The first kappa shape index (κ1) is 9.36. The van der Waals surface area contributed by atoms with Crippen molar-refractivity contribution in [3.63, 3.8) is 0 Å². The Hall–Kier alpha value is -1.20. The fraction of sp³-hybridized carbons (Fsp3) is 0.375. The van der Waals surface area contributed by atoms with Gasteiger partial charge in [0.15, 0.2) is 16.6 Å². The molecule has 2 heterocycles. The van der Waals surface area contributed by atoms with Crippen LogP contribution in [0.25, 0.3) is 5.65 Å². The van der Waals surface area contributed by atoms with E-state index in [9.17, 15) is 0 Å². The van der Waals surface area contributed by atoms with Crippen LogP contribution in [0.1, 0.15) is 17.0 Å². The van der Waals surface area contributed by atoms with E-state index in [0.29, 0.717) is 23.2 Å². The number of aromatic nitrogens is 4. The number of nitrogens with zero attached hydrogens (tertiary/aromatic N) is 4. The van der Waals surface area contributed by atoms with Gasteiger partial charge in [0.05, 0.1) is 6.54 Å². The molecule has 0 amide bonds. The SMILES string of the molecule is Cc1c(Cl)nn2c(CN)nnc2c1C. The van der Waals surface area contributed by atoms with Crippen LogP contribution in [0, 0.1) is 13.8 Å². The first-order chi connectivity index (χ1) is 6.65. The lowest BCUT2D eigenvalue weighted by atomic mass is 10.2. The number of hydrogen-bond donors (Lipinski definition) is 1. The summed E-state index contributed by atoms with van der Waals surface area (Å²) in [4.78, 5) is 0. The smallest absolute Gasteiger partial charge is 0.181 e. The predicted octanol–water partition coefficient (Wildman–Crippen LogP) is 0.853. The summed E-state index contributed by atoms with van der Waals surface area (Å²) in [5, 5.41) is 12.5. The average Bonchev–Trinajstić information content (AvgIpc) is 2.57. The molecule has 2 aromatic rings. The third-order valence-corrected chi connectivity index (χ3v) is 2.64. The normalized spacial score (nSPS) is 11.1. The largest absolute Gasteiger partial charge is 0.324 e. The minimum Gasteiger partial charge on any atom is -0.324 e. The van der Waals surface area contributed by atoms with Gasteiger partial charge in [-0.2, -0.15) is 9.61 Å². The van der Waals surface area contributed by atoms with E-state index in [1.807, 2.05) is 13.8 Å². The van der Waals surface area contributed by atoms with Crippen LogP contribution in [0.2, 0.25) is 5.15 Å². The lowest BCUT2D eigenvalue weighted by Crippen LogP contribution is -2.06. The molecule has 0 fully saturated rings. The van der Waals surface area contributed by atoms with Gasteiger partial charge in [0.1, 0.15) is 0 Å². The molecule has 2 rings (SSSR count). The van der Waals surface area contributed by atoms with Crippen LogP contribution in [-0.2, 0) is 6.54 Å². The van der Waals surface area contributed by atoms with Crippen molar-refractivity contribution >= 4 is 17.2 Å². The second-order valence-corrected chi connectivity index (χ2v) is 3.45. The van der Waals surface area contributed by atoms with Crippen molar-refractivity contribution in [1.29, 1.82) is 0 Å². The summed E-state index contributed by atoms with van der Waals surface area (Å²) >= 11 is 5.95. The lowest BCUT2D eigenvalue weighted by molar-refractivity contribution is 0.803. The molecule has 6 heteroatoms. The van der Waals surface area contributed by atoms with Crippen molar-refractivity contribution < 1.29 is 0 Å². The molecular formula is C8H10ClN5. The fourth-order valence-electron chi connectivity index (χ4n) is 1.26. The fourth-order valence-corrected chi connectivity index (χ4v) is 1.48. The van der Waals surface area contributed by atoms with E-state index in [4.69, 9.17) is 17.3 Å². The third-order valence-electron chi connectivity index (χ3n) is 2.28. The second kappa shape index (κ2) is 3.18. The molecule has 2 N–H and O–H groups in total. The van der Waals surface area contributed by atoms with Crippen LogP contribution < -0.4 is 5.73 Å². The number of fused-ring (bicyclic) bond motifs is 1. The lowest BCUT2D eigenvalue weighted by Gasteiger charge is -2.03. The van der Waals surface area contributed by atoms with E-state index in [1.165, 1.54) is 0 Å². The Bertz CT molecular complexity index is 490.